The van der Waals surface area contributed by atoms with Crippen molar-refractivity contribution in [3.05, 3.63) is 66.0 Å². The zero-order valence-electron chi connectivity index (χ0n) is 17.8. The van der Waals surface area contributed by atoms with Crippen LogP contribution in [0.3, 0.4) is 0 Å². The van der Waals surface area contributed by atoms with Crippen molar-refractivity contribution in [2.75, 3.05) is 16.4 Å². The minimum Gasteiger partial charge on any atom is -0.325 e. The van der Waals surface area contributed by atoms with E-state index in [-0.39, 0.29) is 17.6 Å². The van der Waals surface area contributed by atoms with E-state index in [0.29, 0.717) is 16.4 Å². The van der Waals surface area contributed by atoms with Crippen molar-refractivity contribution in [3.63, 3.8) is 0 Å². The molecule has 8 heteroatoms. The van der Waals surface area contributed by atoms with E-state index in [2.05, 4.69) is 39.9 Å². The van der Waals surface area contributed by atoms with Crippen LogP contribution in [0.1, 0.15) is 42.1 Å². The third kappa shape index (κ3) is 6.96. The van der Waals surface area contributed by atoms with Crippen molar-refractivity contribution >= 4 is 35.0 Å². The van der Waals surface area contributed by atoms with Crippen molar-refractivity contribution in [1.82, 2.24) is 14.8 Å². The fourth-order valence-corrected chi connectivity index (χ4v) is 3.69. The van der Waals surface area contributed by atoms with E-state index in [1.807, 2.05) is 19.2 Å². The number of rotatable bonds is 10. The van der Waals surface area contributed by atoms with Gasteiger partial charge in [-0.2, -0.15) is 0 Å². The summed E-state index contributed by atoms with van der Waals surface area (Å²) in [6, 6.07) is 14.8. The summed E-state index contributed by atoms with van der Waals surface area (Å²) in [5.74, 6) is -0.194. The van der Waals surface area contributed by atoms with Gasteiger partial charge in [-0.25, -0.2) is 0 Å². The zero-order chi connectivity index (χ0) is 22.1. The molecule has 0 aliphatic heterocycles. The lowest BCUT2D eigenvalue weighted by Gasteiger charge is -2.09. The average Bonchev–Trinajstić information content (AvgIpc) is 3.18. The first kappa shape index (κ1) is 22.6. The van der Waals surface area contributed by atoms with Gasteiger partial charge in [-0.05, 0) is 48.7 Å². The van der Waals surface area contributed by atoms with Crippen LogP contribution in [0.4, 0.5) is 11.4 Å². The Morgan fingerprint density at radius 1 is 1.03 bits per heavy atom. The highest BCUT2D eigenvalue weighted by atomic mass is 32.2. The van der Waals surface area contributed by atoms with E-state index in [1.54, 1.807) is 35.2 Å². The van der Waals surface area contributed by atoms with Crippen LogP contribution in [0.15, 0.2) is 60.0 Å². The van der Waals surface area contributed by atoms with Gasteiger partial charge in [0.15, 0.2) is 5.16 Å². The third-order valence-electron chi connectivity index (χ3n) is 4.69. The first-order valence-corrected chi connectivity index (χ1v) is 11.3. The predicted octanol–water partition coefficient (Wildman–Crippen LogP) is 4.53. The Hall–Kier alpha value is -3.13. The van der Waals surface area contributed by atoms with Crippen molar-refractivity contribution in [2.24, 2.45) is 7.05 Å². The summed E-state index contributed by atoms with van der Waals surface area (Å²) >= 11 is 1.30. The Morgan fingerprint density at radius 2 is 1.84 bits per heavy atom. The van der Waals surface area contributed by atoms with Crippen molar-refractivity contribution < 1.29 is 9.59 Å². The molecule has 0 bridgehead atoms. The van der Waals surface area contributed by atoms with Crippen molar-refractivity contribution in [1.29, 1.82) is 0 Å². The number of amides is 2. The number of thioether (sulfide) groups is 1. The molecule has 0 spiro atoms. The zero-order valence-corrected chi connectivity index (χ0v) is 18.6. The Balaban J connectivity index is 1.53. The summed E-state index contributed by atoms with van der Waals surface area (Å²) < 4.78 is 1.75. The van der Waals surface area contributed by atoms with Gasteiger partial charge in [-0.15, -0.1) is 10.2 Å². The summed E-state index contributed by atoms with van der Waals surface area (Å²) in [7, 11) is 1.82. The predicted molar refractivity (Wildman–Crippen MR) is 124 cm³/mol. The van der Waals surface area contributed by atoms with E-state index in [9.17, 15) is 9.59 Å². The number of aryl methyl sites for hydroxylation is 2. The fourth-order valence-electron chi connectivity index (χ4n) is 3.01. The molecule has 0 aliphatic carbocycles. The van der Waals surface area contributed by atoms with Crippen LogP contribution in [0.25, 0.3) is 0 Å². The van der Waals surface area contributed by atoms with Crippen LogP contribution >= 0.6 is 11.8 Å². The molecular weight excluding hydrogens is 410 g/mol. The van der Waals surface area contributed by atoms with E-state index in [1.165, 1.54) is 36.6 Å². The van der Waals surface area contributed by atoms with Gasteiger partial charge in [-0.1, -0.05) is 49.7 Å². The number of benzene rings is 2. The lowest BCUT2D eigenvalue weighted by atomic mass is 10.1. The molecule has 31 heavy (non-hydrogen) atoms. The van der Waals surface area contributed by atoms with Crippen LogP contribution in [0.5, 0.6) is 0 Å². The van der Waals surface area contributed by atoms with Crippen LogP contribution < -0.4 is 10.6 Å². The van der Waals surface area contributed by atoms with Crippen LogP contribution in [0, 0.1) is 0 Å². The lowest BCUT2D eigenvalue weighted by Crippen LogP contribution is -2.16. The number of unbranched alkanes of at least 4 members (excludes halogenated alkanes) is 2. The van der Waals surface area contributed by atoms with E-state index in [0.717, 1.165) is 12.1 Å². The maximum absolute atomic E-state index is 12.6. The molecule has 0 unspecified atom stereocenters. The van der Waals surface area contributed by atoms with Crippen LogP contribution in [-0.2, 0) is 18.3 Å². The van der Waals surface area contributed by atoms with E-state index >= 15 is 0 Å². The Morgan fingerprint density at radius 3 is 2.55 bits per heavy atom. The van der Waals surface area contributed by atoms with E-state index in [4.69, 9.17) is 0 Å². The van der Waals surface area contributed by atoms with Crippen molar-refractivity contribution in [2.45, 2.75) is 37.8 Å². The van der Waals surface area contributed by atoms with Gasteiger partial charge in [-0.3, -0.25) is 9.59 Å². The molecule has 1 aromatic heterocycles. The summed E-state index contributed by atoms with van der Waals surface area (Å²) in [6.07, 6.45) is 6.25. The lowest BCUT2D eigenvalue weighted by molar-refractivity contribution is -0.113. The molecule has 0 fully saturated rings. The molecule has 0 saturated heterocycles. The van der Waals surface area contributed by atoms with Crippen molar-refractivity contribution in [3.8, 4) is 0 Å². The first-order valence-electron chi connectivity index (χ1n) is 10.3. The number of hydrogen-bond acceptors (Lipinski definition) is 5. The molecular formula is C23H27N5O2S. The highest BCUT2D eigenvalue weighted by molar-refractivity contribution is 7.99. The maximum atomic E-state index is 12.6. The summed E-state index contributed by atoms with van der Waals surface area (Å²) in [6.45, 7) is 2.19. The number of hydrogen-bond donors (Lipinski definition) is 2. The van der Waals surface area contributed by atoms with Gasteiger partial charge in [0.05, 0.1) is 5.75 Å². The minimum absolute atomic E-state index is 0.177. The summed E-state index contributed by atoms with van der Waals surface area (Å²) in [4.78, 5) is 24.8. The normalized spacial score (nSPS) is 10.6. The van der Waals surface area contributed by atoms with Crippen LogP contribution in [0.2, 0.25) is 0 Å². The molecule has 0 atom stereocenters. The smallest absolute Gasteiger partial charge is 0.255 e. The summed E-state index contributed by atoms with van der Waals surface area (Å²) in [5, 5.41) is 14.1. The molecule has 3 aromatic rings. The second-order valence-electron chi connectivity index (χ2n) is 7.25. The summed E-state index contributed by atoms with van der Waals surface area (Å²) in [5.41, 5.74) is 3.07. The number of aromatic nitrogens is 3. The average molecular weight is 438 g/mol. The SMILES string of the molecule is CCCCCc1ccc(NC(=O)c2cccc(NC(=O)CSc3nncn3C)c2)cc1. The minimum atomic E-state index is -0.219. The molecule has 2 aromatic carbocycles. The van der Waals surface area contributed by atoms with Gasteiger partial charge < -0.3 is 15.2 Å². The van der Waals surface area contributed by atoms with Gasteiger partial charge in [0.2, 0.25) is 5.91 Å². The molecule has 2 N–H and O–H groups in total. The van der Waals surface area contributed by atoms with Gasteiger partial charge in [0.1, 0.15) is 6.33 Å². The number of carbonyl (C=O) groups is 2. The van der Waals surface area contributed by atoms with Gasteiger partial charge in [0.25, 0.3) is 5.91 Å². The van der Waals surface area contributed by atoms with Gasteiger partial charge >= 0.3 is 0 Å². The number of carbonyl (C=O) groups excluding carboxylic acids is 2. The quantitative estimate of drug-likeness (QED) is 0.359. The van der Waals surface area contributed by atoms with Gasteiger partial charge in [0, 0.05) is 24.0 Å². The molecule has 0 saturated carbocycles. The van der Waals surface area contributed by atoms with Crippen LogP contribution in [-0.4, -0.2) is 32.3 Å². The molecule has 1 heterocycles. The largest absolute Gasteiger partial charge is 0.325 e. The number of nitrogens with zero attached hydrogens (tertiary/aromatic N) is 3. The Bertz CT molecular complexity index is 1020. The first-order chi connectivity index (χ1) is 15.0. The third-order valence-corrected chi connectivity index (χ3v) is 5.73. The molecule has 0 aliphatic rings. The highest BCUT2D eigenvalue weighted by Gasteiger charge is 2.10. The number of nitrogens with one attached hydrogen (secondary N) is 2. The topological polar surface area (TPSA) is 88.9 Å². The number of anilines is 2. The molecule has 7 nitrogen and oxygen atoms in total. The second-order valence-corrected chi connectivity index (χ2v) is 8.19. The molecule has 2 amide bonds. The molecule has 162 valence electrons. The molecule has 3 rings (SSSR count). The fraction of sp³-hybridized carbons (Fsp3) is 0.304. The monoisotopic (exact) mass is 437 g/mol. The standard InChI is InChI=1S/C23H27N5O2S/c1-3-4-5-7-17-10-12-19(13-11-17)26-22(30)18-8-6-9-20(14-18)25-21(29)15-31-23-27-24-16-28(23)2/h6,8-14,16H,3-5,7,15H2,1-2H3,(H,25,29)(H,26,30). The maximum Gasteiger partial charge on any atom is 0.255 e. The highest BCUT2D eigenvalue weighted by Crippen LogP contribution is 2.17. The second kappa shape index (κ2) is 11.3. The molecule has 0 radical (unpaired) electrons. The Kier molecular flexibility index (Phi) is 8.23. The Labute approximate surface area is 186 Å². The van der Waals surface area contributed by atoms with E-state index < -0.39 is 0 Å².